The van der Waals surface area contributed by atoms with Crippen LogP contribution in [0.2, 0.25) is 0 Å². The number of nitrogens with zero attached hydrogens (tertiary/aromatic N) is 3. The standard InChI is InChI=1S/C13H18N4O2/c1-2-3-10-9-19-7-6-16(10)13(18)11-8-15-17-5-4-14-12(11)17/h4-5,8,10,15H,2-3,6-7,9H2,1H3/t10-/m1/s1. The molecular weight excluding hydrogens is 244 g/mol. The number of fused-ring (bicyclic) bond motifs is 1. The molecule has 1 amide bonds. The summed E-state index contributed by atoms with van der Waals surface area (Å²) in [7, 11) is 0. The van der Waals surface area contributed by atoms with Gasteiger partial charge in [0, 0.05) is 25.1 Å². The molecule has 0 unspecified atom stereocenters. The highest BCUT2D eigenvalue weighted by Crippen LogP contribution is 2.18. The van der Waals surface area contributed by atoms with Gasteiger partial charge in [0.15, 0.2) is 5.65 Å². The number of hydrogen-bond acceptors (Lipinski definition) is 3. The van der Waals surface area contributed by atoms with E-state index in [2.05, 4.69) is 17.0 Å². The number of ether oxygens (including phenoxy) is 1. The average Bonchev–Trinajstić information content (AvgIpc) is 3.01. The van der Waals surface area contributed by atoms with Gasteiger partial charge in [-0.1, -0.05) is 13.3 Å². The van der Waals surface area contributed by atoms with Crippen LogP contribution in [0.4, 0.5) is 0 Å². The first-order valence-electron chi connectivity index (χ1n) is 6.70. The van der Waals surface area contributed by atoms with E-state index < -0.39 is 0 Å². The fraction of sp³-hybridized carbons (Fsp3) is 0.538. The van der Waals surface area contributed by atoms with Crippen LogP contribution >= 0.6 is 0 Å². The van der Waals surface area contributed by atoms with Gasteiger partial charge in [-0.2, -0.15) is 0 Å². The van der Waals surface area contributed by atoms with Crippen molar-refractivity contribution in [2.24, 2.45) is 0 Å². The minimum Gasteiger partial charge on any atom is -0.377 e. The Kier molecular flexibility index (Phi) is 3.25. The third-order valence-electron chi connectivity index (χ3n) is 3.57. The predicted octanol–water partition coefficient (Wildman–Crippen LogP) is 1.30. The molecule has 0 radical (unpaired) electrons. The number of carbonyl (C=O) groups excluding carboxylic acids is 1. The van der Waals surface area contributed by atoms with Gasteiger partial charge in [0.05, 0.1) is 19.3 Å². The SMILES string of the molecule is CCC[C@@H]1COCCN1C(=O)c1c[nH]n2ccnc12. The molecule has 6 heteroatoms. The molecule has 0 bridgehead atoms. The van der Waals surface area contributed by atoms with E-state index in [1.807, 2.05) is 4.90 Å². The van der Waals surface area contributed by atoms with E-state index >= 15 is 0 Å². The molecule has 1 aliphatic heterocycles. The summed E-state index contributed by atoms with van der Waals surface area (Å²) in [4.78, 5) is 18.8. The smallest absolute Gasteiger partial charge is 0.259 e. The molecule has 1 aliphatic rings. The first-order valence-corrected chi connectivity index (χ1v) is 6.70. The molecule has 0 saturated carbocycles. The van der Waals surface area contributed by atoms with Crippen LogP contribution in [0.1, 0.15) is 30.1 Å². The zero-order valence-electron chi connectivity index (χ0n) is 11.0. The minimum atomic E-state index is 0.0409. The third-order valence-corrected chi connectivity index (χ3v) is 3.57. The van der Waals surface area contributed by atoms with Crippen molar-refractivity contribution in [2.45, 2.75) is 25.8 Å². The molecule has 6 nitrogen and oxygen atoms in total. The molecule has 1 saturated heterocycles. The van der Waals surface area contributed by atoms with E-state index in [1.165, 1.54) is 0 Å². The molecule has 1 N–H and O–H groups in total. The zero-order valence-corrected chi connectivity index (χ0v) is 11.0. The number of amides is 1. The van der Waals surface area contributed by atoms with E-state index in [0.29, 0.717) is 31.0 Å². The summed E-state index contributed by atoms with van der Waals surface area (Å²) in [5.41, 5.74) is 1.32. The maximum atomic E-state index is 12.7. The van der Waals surface area contributed by atoms with Crippen molar-refractivity contribution in [2.75, 3.05) is 19.8 Å². The molecular formula is C13H18N4O2. The quantitative estimate of drug-likeness (QED) is 0.907. The lowest BCUT2D eigenvalue weighted by atomic mass is 10.1. The normalized spacial score (nSPS) is 20.1. The molecule has 2 aromatic rings. The highest BCUT2D eigenvalue weighted by Gasteiger charge is 2.29. The summed E-state index contributed by atoms with van der Waals surface area (Å²) in [6.07, 6.45) is 7.23. The summed E-state index contributed by atoms with van der Waals surface area (Å²) in [5, 5.41) is 3.01. The monoisotopic (exact) mass is 262 g/mol. The van der Waals surface area contributed by atoms with Crippen molar-refractivity contribution in [1.82, 2.24) is 19.5 Å². The Morgan fingerprint density at radius 2 is 2.53 bits per heavy atom. The van der Waals surface area contributed by atoms with Gasteiger partial charge < -0.3 is 9.64 Å². The van der Waals surface area contributed by atoms with Gasteiger partial charge >= 0.3 is 0 Å². The van der Waals surface area contributed by atoms with Crippen LogP contribution in [0.15, 0.2) is 18.6 Å². The summed E-state index contributed by atoms with van der Waals surface area (Å²) in [6, 6.07) is 0.177. The van der Waals surface area contributed by atoms with Gasteiger partial charge in [-0.25, -0.2) is 9.50 Å². The van der Waals surface area contributed by atoms with Crippen LogP contribution in [0.25, 0.3) is 5.65 Å². The van der Waals surface area contributed by atoms with Crippen LogP contribution in [0.5, 0.6) is 0 Å². The van der Waals surface area contributed by atoms with E-state index in [1.54, 1.807) is 23.1 Å². The van der Waals surface area contributed by atoms with Gasteiger partial charge in [0.2, 0.25) is 0 Å². The van der Waals surface area contributed by atoms with Gasteiger partial charge in [-0.05, 0) is 6.42 Å². The Hall–Kier alpha value is -1.82. The molecule has 2 aromatic heterocycles. The van der Waals surface area contributed by atoms with Crippen molar-refractivity contribution in [3.8, 4) is 0 Å². The first-order chi connectivity index (χ1) is 9.31. The lowest BCUT2D eigenvalue weighted by Gasteiger charge is -2.35. The fourth-order valence-electron chi connectivity index (χ4n) is 2.61. The molecule has 102 valence electrons. The molecule has 3 heterocycles. The Labute approximate surface area is 111 Å². The summed E-state index contributed by atoms with van der Waals surface area (Å²) in [5.74, 6) is 0.0409. The van der Waals surface area contributed by atoms with Crippen LogP contribution in [0.3, 0.4) is 0 Å². The summed E-state index contributed by atoms with van der Waals surface area (Å²) < 4.78 is 7.23. The van der Waals surface area contributed by atoms with Crippen LogP contribution in [-0.2, 0) is 4.74 Å². The summed E-state index contributed by atoms with van der Waals surface area (Å²) >= 11 is 0. The van der Waals surface area contributed by atoms with E-state index in [-0.39, 0.29) is 11.9 Å². The van der Waals surface area contributed by atoms with Crippen molar-refractivity contribution in [3.63, 3.8) is 0 Å². The Balaban J connectivity index is 1.87. The molecule has 1 fully saturated rings. The van der Waals surface area contributed by atoms with Gasteiger partial charge in [-0.15, -0.1) is 0 Å². The highest BCUT2D eigenvalue weighted by atomic mass is 16.5. The number of morpholine rings is 1. The first kappa shape index (κ1) is 12.2. The zero-order chi connectivity index (χ0) is 13.2. The lowest BCUT2D eigenvalue weighted by molar-refractivity contribution is -0.00424. The maximum absolute atomic E-state index is 12.7. The molecule has 0 spiro atoms. The van der Waals surface area contributed by atoms with E-state index in [9.17, 15) is 4.79 Å². The number of carbonyl (C=O) groups is 1. The van der Waals surface area contributed by atoms with Crippen molar-refractivity contribution < 1.29 is 9.53 Å². The lowest BCUT2D eigenvalue weighted by Crippen LogP contribution is -2.48. The van der Waals surface area contributed by atoms with Crippen LogP contribution < -0.4 is 0 Å². The molecule has 3 rings (SSSR count). The minimum absolute atomic E-state index is 0.0409. The van der Waals surface area contributed by atoms with Gasteiger partial charge in [-0.3, -0.25) is 9.89 Å². The number of H-pyrrole nitrogens is 1. The van der Waals surface area contributed by atoms with Crippen molar-refractivity contribution >= 4 is 11.6 Å². The Bertz CT molecular complexity index is 572. The Morgan fingerprint density at radius 3 is 3.37 bits per heavy atom. The number of aromatic nitrogens is 3. The third kappa shape index (κ3) is 2.12. The van der Waals surface area contributed by atoms with Crippen LogP contribution in [0, 0.1) is 0 Å². The largest absolute Gasteiger partial charge is 0.377 e. The second kappa shape index (κ2) is 5.05. The number of hydrogen-bond donors (Lipinski definition) is 1. The van der Waals surface area contributed by atoms with Gasteiger partial charge in [0.1, 0.15) is 5.56 Å². The predicted molar refractivity (Wildman–Crippen MR) is 70.1 cm³/mol. The van der Waals surface area contributed by atoms with Gasteiger partial charge in [0.25, 0.3) is 5.91 Å². The number of rotatable bonds is 3. The number of aromatic amines is 1. The number of imidazole rings is 1. The molecule has 0 aromatic carbocycles. The second-order valence-electron chi connectivity index (χ2n) is 4.82. The summed E-state index contributed by atoms with van der Waals surface area (Å²) in [6.45, 7) is 4.03. The topological polar surface area (TPSA) is 62.6 Å². The molecule has 0 aliphatic carbocycles. The van der Waals surface area contributed by atoms with Crippen LogP contribution in [-0.4, -0.2) is 51.2 Å². The average molecular weight is 262 g/mol. The molecule has 19 heavy (non-hydrogen) atoms. The van der Waals surface area contributed by atoms with E-state index in [0.717, 1.165) is 12.8 Å². The fourth-order valence-corrected chi connectivity index (χ4v) is 2.61. The second-order valence-corrected chi connectivity index (χ2v) is 4.82. The Morgan fingerprint density at radius 1 is 1.63 bits per heavy atom. The van der Waals surface area contributed by atoms with Crippen molar-refractivity contribution in [3.05, 3.63) is 24.2 Å². The molecule has 1 atom stereocenters. The maximum Gasteiger partial charge on any atom is 0.259 e. The van der Waals surface area contributed by atoms with E-state index in [4.69, 9.17) is 4.74 Å². The van der Waals surface area contributed by atoms with Crippen molar-refractivity contribution in [1.29, 1.82) is 0 Å². The highest BCUT2D eigenvalue weighted by molar-refractivity contribution is 5.99. The number of nitrogens with one attached hydrogen (secondary N) is 1.